The van der Waals surface area contributed by atoms with Gasteiger partial charge in [0.25, 0.3) is 0 Å². The quantitative estimate of drug-likeness (QED) is 0.640. The maximum absolute atomic E-state index is 11.5. The Balaban J connectivity index is 4.42. The van der Waals surface area contributed by atoms with Crippen molar-refractivity contribution >= 4 is 17.8 Å². The molecule has 92 valence electrons. The highest BCUT2D eigenvalue weighted by atomic mass is 16.4. The van der Waals surface area contributed by atoms with Crippen molar-refractivity contribution in [2.24, 2.45) is 0 Å². The molecule has 0 aliphatic carbocycles. The lowest BCUT2D eigenvalue weighted by Gasteiger charge is -2.22. The van der Waals surface area contributed by atoms with Crippen molar-refractivity contribution in [2.45, 2.75) is 19.8 Å². The predicted octanol–water partition coefficient (Wildman–Crippen LogP) is -0.212. The summed E-state index contributed by atoms with van der Waals surface area (Å²) in [7, 11) is 3.18. The molecule has 0 saturated carbocycles. The first-order valence-corrected chi connectivity index (χ1v) is 5.08. The van der Waals surface area contributed by atoms with Gasteiger partial charge in [0.05, 0.1) is 6.54 Å². The van der Waals surface area contributed by atoms with Crippen molar-refractivity contribution in [2.75, 3.05) is 27.2 Å². The number of nitrogens with zero attached hydrogens (tertiary/aromatic N) is 2. The summed E-state index contributed by atoms with van der Waals surface area (Å²) in [5.74, 6) is -1.92. The van der Waals surface area contributed by atoms with E-state index < -0.39 is 18.3 Å². The average Bonchev–Trinajstić information content (AvgIpc) is 2.15. The van der Waals surface area contributed by atoms with Gasteiger partial charge in [0.15, 0.2) is 0 Å². The normalized spacial score (nSPS) is 9.69. The van der Waals surface area contributed by atoms with Gasteiger partial charge in [0, 0.05) is 20.6 Å². The Labute approximate surface area is 94.8 Å². The molecule has 0 aromatic rings. The summed E-state index contributed by atoms with van der Waals surface area (Å²) in [6, 6.07) is 0. The fraction of sp³-hybridized carbons (Fsp3) is 0.700. The number of hydrogen-bond acceptors (Lipinski definition) is 3. The van der Waals surface area contributed by atoms with Crippen molar-refractivity contribution < 1.29 is 19.5 Å². The van der Waals surface area contributed by atoms with E-state index >= 15 is 0 Å². The molecule has 6 nitrogen and oxygen atoms in total. The lowest BCUT2D eigenvalue weighted by molar-refractivity contribution is -0.146. The molecule has 0 aliphatic heterocycles. The van der Waals surface area contributed by atoms with Crippen LogP contribution in [0.2, 0.25) is 0 Å². The van der Waals surface area contributed by atoms with E-state index in [-0.39, 0.29) is 12.5 Å². The SMILES string of the molecule is CCCN(CC(=O)N(C)C)C(=O)CC(=O)O. The van der Waals surface area contributed by atoms with Crippen LogP contribution in [0.1, 0.15) is 19.8 Å². The standard InChI is InChI=1S/C10H18N2O4/c1-4-5-12(7-9(14)11(2)3)8(13)6-10(15)16/h4-7H2,1-3H3,(H,15,16). The molecule has 2 amide bonds. The molecule has 6 heteroatoms. The highest BCUT2D eigenvalue weighted by molar-refractivity contribution is 5.95. The molecule has 0 fully saturated rings. The Morgan fingerprint density at radius 2 is 1.69 bits per heavy atom. The van der Waals surface area contributed by atoms with Gasteiger partial charge in [0.2, 0.25) is 11.8 Å². The van der Waals surface area contributed by atoms with Crippen LogP contribution in [0.15, 0.2) is 0 Å². The van der Waals surface area contributed by atoms with Crippen molar-refractivity contribution in [3.63, 3.8) is 0 Å². The molecule has 0 unspecified atom stereocenters. The topological polar surface area (TPSA) is 77.9 Å². The molecule has 0 aromatic carbocycles. The summed E-state index contributed by atoms with van der Waals surface area (Å²) < 4.78 is 0. The molecule has 0 heterocycles. The van der Waals surface area contributed by atoms with Gasteiger partial charge in [-0.25, -0.2) is 0 Å². The zero-order valence-electron chi connectivity index (χ0n) is 9.89. The molecule has 0 radical (unpaired) electrons. The maximum atomic E-state index is 11.5. The Morgan fingerprint density at radius 1 is 1.12 bits per heavy atom. The van der Waals surface area contributed by atoms with E-state index in [4.69, 9.17) is 5.11 Å². The molecule has 0 spiro atoms. The Bertz CT molecular complexity index is 276. The highest BCUT2D eigenvalue weighted by Gasteiger charge is 2.19. The first-order chi connectivity index (χ1) is 7.38. The van der Waals surface area contributed by atoms with E-state index in [1.54, 1.807) is 14.1 Å². The monoisotopic (exact) mass is 230 g/mol. The molecule has 0 atom stereocenters. The first-order valence-electron chi connectivity index (χ1n) is 5.08. The van der Waals surface area contributed by atoms with E-state index in [0.29, 0.717) is 13.0 Å². The van der Waals surface area contributed by atoms with Crippen LogP contribution >= 0.6 is 0 Å². The molecule has 16 heavy (non-hydrogen) atoms. The van der Waals surface area contributed by atoms with Gasteiger partial charge >= 0.3 is 5.97 Å². The van der Waals surface area contributed by atoms with Gasteiger partial charge in [0.1, 0.15) is 6.42 Å². The van der Waals surface area contributed by atoms with Crippen LogP contribution in [-0.2, 0) is 14.4 Å². The fourth-order valence-corrected chi connectivity index (χ4v) is 1.11. The second kappa shape index (κ2) is 6.81. The minimum atomic E-state index is -1.18. The Hall–Kier alpha value is -1.59. The minimum absolute atomic E-state index is 0.0625. The Kier molecular flexibility index (Phi) is 6.14. The molecule has 0 saturated heterocycles. The number of carbonyl (C=O) groups excluding carboxylic acids is 2. The summed E-state index contributed by atoms with van der Waals surface area (Å²) in [6.07, 6.45) is 0.118. The van der Waals surface area contributed by atoms with Crippen LogP contribution in [0.25, 0.3) is 0 Å². The highest BCUT2D eigenvalue weighted by Crippen LogP contribution is 1.98. The van der Waals surface area contributed by atoms with Gasteiger partial charge in [-0.1, -0.05) is 6.92 Å². The summed E-state index contributed by atoms with van der Waals surface area (Å²) in [6.45, 7) is 2.19. The predicted molar refractivity (Wildman–Crippen MR) is 57.8 cm³/mol. The second-order valence-corrected chi connectivity index (χ2v) is 3.67. The van der Waals surface area contributed by atoms with Crippen molar-refractivity contribution in [3.05, 3.63) is 0 Å². The van der Waals surface area contributed by atoms with E-state index in [2.05, 4.69) is 0 Å². The van der Waals surface area contributed by atoms with Crippen LogP contribution < -0.4 is 0 Å². The van der Waals surface area contributed by atoms with E-state index in [9.17, 15) is 14.4 Å². The number of rotatable bonds is 6. The minimum Gasteiger partial charge on any atom is -0.481 e. The lowest BCUT2D eigenvalue weighted by atomic mass is 10.3. The largest absolute Gasteiger partial charge is 0.481 e. The third kappa shape index (κ3) is 5.33. The van der Waals surface area contributed by atoms with Crippen molar-refractivity contribution in [1.82, 2.24) is 9.80 Å². The third-order valence-corrected chi connectivity index (χ3v) is 1.97. The summed E-state index contributed by atoms with van der Waals surface area (Å²) >= 11 is 0. The lowest BCUT2D eigenvalue weighted by Crippen LogP contribution is -2.41. The molecule has 0 rings (SSSR count). The maximum Gasteiger partial charge on any atom is 0.312 e. The number of carboxylic acids is 1. The van der Waals surface area contributed by atoms with Crippen molar-refractivity contribution in [3.8, 4) is 0 Å². The van der Waals surface area contributed by atoms with E-state index in [0.717, 1.165) is 0 Å². The molecular weight excluding hydrogens is 212 g/mol. The number of hydrogen-bond donors (Lipinski definition) is 1. The summed E-state index contributed by atoms with van der Waals surface area (Å²) in [5, 5.41) is 8.50. The summed E-state index contributed by atoms with van der Waals surface area (Å²) in [5.41, 5.74) is 0. The number of amides is 2. The zero-order valence-corrected chi connectivity index (χ0v) is 9.89. The van der Waals surface area contributed by atoms with E-state index in [1.807, 2.05) is 6.92 Å². The van der Waals surface area contributed by atoms with Gasteiger partial charge in [-0.05, 0) is 6.42 Å². The van der Waals surface area contributed by atoms with Gasteiger partial charge in [-0.3, -0.25) is 14.4 Å². The van der Waals surface area contributed by atoms with Gasteiger partial charge < -0.3 is 14.9 Å². The van der Waals surface area contributed by atoms with Crippen LogP contribution in [-0.4, -0.2) is 59.9 Å². The molecule has 0 aromatic heterocycles. The average molecular weight is 230 g/mol. The Morgan fingerprint density at radius 3 is 2.06 bits per heavy atom. The van der Waals surface area contributed by atoms with E-state index in [1.165, 1.54) is 9.80 Å². The van der Waals surface area contributed by atoms with Gasteiger partial charge in [-0.15, -0.1) is 0 Å². The molecular formula is C10H18N2O4. The van der Waals surface area contributed by atoms with Crippen molar-refractivity contribution in [1.29, 1.82) is 0 Å². The number of likely N-dealkylation sites (N-methyl/N-ethyl adjacent to an activating group) is 1. The third-order valence-electron chi connectivity index (χ3n) is 1.97. The van der Waals surface area contributed by atoms with Crippen LogP contribution in [0.3, 0.4) is 0 Å². The smallest absolute Gasteiger partial charge is 0.312 e. The number of carboxylic acid groups (broad SMARTS) is 1. The van der Waals surface area contributed by atoms with Crippen LogP contribution in [0.5, 0.6) is 0 Å². The molecule has 0 aliphatic rings. The zero-order chi connectivity index (χ0) is 12.7. The van der Waals surface area contributed by atoms with Crippen LogP contribution in [0.4, 0.5) is 0 Å². The number of aliphatic carboxylic acids is 1. The molecule has 1 N–H and O–H groups in total. The first kappa shape index (κ1) is 14.4. The fourth-order valence-electron chi connectivity index (χ4n) is 1.11. The molecule has 0 bridgehead atoms. The summed E-state index contributed by atoms with van der Waals surface area (Å²) in [4.78, 5) is 35.9. The van der Waals surface area contributed by atoms with Gasteiger partial charge in [-0.2, -0.15) is 0 Å². The second-order valence-electron chi connectivity index (χ2n) is 3.67. The van der Waals surface area contributed by atoms with Crippen LogP contribution in [0, 0.1) is 0 Å². The number of carbonyl (C=O) groups is 3.